The summed E-state index contributed by atoms with van der Waals surface area (Å²) in [7, 11) is 0. The SMILES string of the molecule is CC(C)(C)OC(=O)C1CCC(n2nc(Nc3ccc(CC(F)(F)F)cc3)c3c(=O)[nH]ccc32)CO1. The Bertz CT molecular complexity index is 1250. The third-order valence-electron chi connectivity index (χ3n) is 5.52. The topological polar surface area (TPSA) is 98.2 Å². The minimum Gasteiger partial charge on any atom is -0.458 e. The Morgan fingerprint density at radius 1 is 1.20 bits per heavy atom. The lowest BCUT2D eigenvalue weighted by molar-refractivity contribution is -0.172. The molecule has 188 valence electrons. The van der Waals surface area contributed by atoms with Crippen molar-refractivity contribution < 1.29 is 27.4 Å². The molecule has 11 heteroatoms. The molecule has 0 amide bonds. The summed E-state index contributed by atoms with van der Waals surface area (Å²) < 4.78 is 50.8. The van der Waals surface area contributed by atoms with Gasteiger partial charge in [0.05, 0.1) is 24.6 Å². The van der Waals surface area contributed by atoms with Crippen molar-refractivity contribution in [2.45, 2.75) is 64.0 Å². The van der Waals surface area contributed by atoms with Crippen LogP contribution in [0.4, 0.5) is 24.7 Å². The van der Waals surface area contributed by atoms with Gasteiger partial charge in [-0.15, -0.1) is 0 Å². The maximum Gasteiger partial charge on any atom is 0.393 e. The molecule has 4 rings (SSSR count). The summed E-state index contributed by atoms with van der Waals surface area (Å²) in [5, 5.41) is 7.95. The van der Waals surface area contributed by atoms with E-state index in [1.807, 2.05) is 0 Å². The van der Waals surface area contributed by atoms with Crippen LogP contribution in [0.1, 0.15) is 45.2 Å². The smallest absolute Gasteiger partial charge is 0.393 e. The number of halogens is 3. The average Bonchev–Trinajstić information content (AvgIpc) is 3.13. The second-order valence-electron chi connectivity index (χ2n) is 9.56. The van der Waals surface area contributed by atoms with Crippen molar-refractivity contribution in [1.29, 1.82) is 0 Å². The Morgan fingerprint density at radius 3 is 2.51 bits per heavy atom. The number of aromatic nitrogens is 3. The van der Waals surface area contributed by atoms with Crippen LogP contribution in [-0.2, 0) is 20.7 Å². The molecule has 0 bridgehead atoms. The van der Waals surface area contributed by atoms with E-state index in [0.717, 1.165) is 0 Å². The summed E-state index contributed by atoms with van der Waals surface area (Å²) in [5.41, 5.74) is 0.246. The van der Waals surface area contributed by atoms with Crippen LogP contribution in [0.25, 0.3) is 10.9 Å². The van der Waals surface area contributed by atoms with E-state index in [1.54, 1.807) is 31.5 Å². The number of ether oxygens (including phenoxy) is 2. The van der Waals surface area contributed by atoms with Crippen LogP contribution in [0, 0.1) is 0 Å². The fourth-order valence-electron chi connectivity index (χ4n) is 4.02. The number of hydrogen-bond acceptors (Lipinski definition) is 6. The van der Waals surface area contributed by atoms with Crippen molar-refractivity contribution >= 4 is 28.4 Å². The van der Waals surface area contributed by atoms with E-state index in [1.165, 1.54) is 30.5 Å². The molecule has 1 aliphatic rings. The fraction of sp³-hybridized carbons (Fsp3) is 0.458. The molecule has 0 radical (unpaired) electrons. The summed E-state index contributed by atoms with van der Waals surface area (Å²) in [6.07, 6.45) is -3.43. The molecule has 0 aliphatic carbocycles. The lowest BCUT2D eigenvalue weighted by Crippen LogP contribution is -2.38. The number of anilines is 2. The predicted molar refractivity (Wildman–Crippen MR) is 124 cm³/mol. The van der Waals surface area contributed by atoms with Gasteiger partial charge in [0.15, 0.2) is 11.9 Å². The lowest BCUT2D eigenvalue weighted by Gasteiger charge is -2.30. The summed E-state index contributed by atoms with van der Waals surface area (Å²) in [5.74, 6) is -0.131. The molecule has 0 spiro atoms. The van der Waals surface area contributed by atoms with Crippen LogP contribution in [0.15, 0.2) is 41.3 Å². The van der Waals surface area contributed by atoms with Gasteiger partial charge in [-0.1, -0.05) is 12.1 Å². The zero-order chi connectivity index (χ0) is 25.4. The third-order valence-corrected chi connectivity index (χ3v) is 5.52. The largest absolute Gasteiger partial charge is 0.458 e. The first-order chi connectivity index (χ1) is 16.4. The second kappa shape index (κ2) is 9.37. The minimum atomic E-state index is -4.29. The average molecular weight is 492 g/mol. The molecule has 1 fully saturated rings. The number of nitrogens with one attached hydrogen (secondary N) is 2. The predicted octanol–water partition coefficient (Wildman–Crippen LogP) is 4.63. The van der Waals surface area contributed by atoms with Gasteiger partial charge in [0.2, 0.25) is 0 Å². The molecule has 8 nitrogen and oxygen atoms in total. The number of carbonyl (C=O) groups is 1. The van der Waals surface area contributed by atoms with Gasteiger partial charge in [-0.3, -0.25) is 9.48 Å². The maximum atomic E-state index is 12.6. The van der Waals surface area contributed by atoms with E-state index >= 15 is 0 Å². The van der Waals surface area contributed by atoms with Crippen LogP contribution in [0.5, 0.6) is 0 Å². The first-order valence-electron chi connectivity index (χ1n) is 11.3. The normalized spacial score (nSPS) is 19.0. The van der Waals surface area contributed by atoms with Gasteiger partial charge in [-0.05, 0) is 57.4 Å². The van der Waals surface area contributed by atoms with Gasteiger partial charge in [-0.2, -0.15) is 18.3 Å². The minimum absolute atomic E-state index is 0.134. The Balaban J connectivity index is 1.54. The van der Waals surface area contributed by atoms with E-state index in [0.29, 0.717) is 29.4 Å². The molecule has 2 aromatic heterocycles. The number of H-pyrrole nitrogens is 1. The van der Waals surface area contributed by atoms with Crippen LogP contribution in [-0.4, -0.2) is 45.2 Å². The number of pyridine rings is 1. The number of hydrogen-bond donors (Lipinski definition) is 2. The van der Waals surface area contributed by atoms with Gasteiger partial charge < -0.3 is 19.8 Å². The molecule has 3 aromatic rings. The van der Waals surface area contributed by atoms with E-state index in [9.17, 15) is 22.8 Å². The highest BCUT2D eigenvalue weighted by molar-refractivity contribution is 5.91. The van der Waals surface area contributed by atoms with E-state index in [4.69, 9.17) is 9.47 Å². The summed E-state index contributed by atoms with van der Waals surface area (Å²) in [4.78, 5) is 27.6. The highest BCUT2D eigenvalue weighted by atomic mass is 19.4. The van der Waals surface area contributed by atoms with Crippen LogP contribution < -0.4 is 10.9 Å². The highest BCUT2D eigenvalue weighted by Crippen LogP contribution is 2.31. The molecular formula is C24H27F3N4O4. The molecule has 2 N–H and O–H groups in total. The summed E-state index contributed by atoms with van der Waals surface area (Å²) in [6, 6.07) is 7.29. The number of alkyl halides is 3. The molecule has 0 saturated carbocycles. The third kappa shape index (κ3) is 6.02. The number of fused-ring (bicyclic) bond motifs is 1. The molecular weight excluding hydrogens is 465 g/mol. The number of rotatable bonds is 5. The molecule has 2 atom stereocenters. The second-order valence-corrected chi connectivity index (χ2v) is 9.56. The molecule has 1 aliphatic heterocycles. The first kappa shape index (κ1) is 24.8. The van der Waals surface area contributed by atoms with Crippen molar-refractivity contribution in [2.24, 2.45) is 0 Å². The van der Waals surface area contributed by atoms with Gasteiger partial charge in [0, 0.05) is 11.9 Å². The van der Waals surface area contributed by atoms with Crippen molar-refractivity contribution in [2.75, 3.05) is 11.9 Å². The Morgan fingerprint density at radius 2 is 1.91 bits per heavy atom. The van der Waals surface area contributed by atoms with Crippen molar-refractivity contribution in [1.82, 2.24) is 14.8 Å². The monoisotopic (exact) mass is 492 g/mol. The molecule has 1 aromatic carbocycles. The lowest BCUT2D eigenvalue weighted by atomic mass is 10.0. The molecule has 35 heavy (non-hydrogen) atoms. The van der Waals surface area contributed by atoms with Gasteiger partial charge in [0.25, 0.3) is 5.56 Å². The quantitative estimate of drug-likeness (QED) is 0.504. The van der Waals surface area contributed by atoms with Crippen molar-refractivity contribution in [3.63, 3.8) is 0 Å². The van der Waals surface area contributed by atoms with Crippen molar-refractivity contribution in [3.8, 4) is 0 Å². The van der Waals surface area contributed by atoms with Gasteiger partial charge >= 0.3 is 12.1 Å². The Kier molecular flexibility index (Phi) is 6.63. The highest BCUT2D eigenvalue weighted by Gasteiger charge is 2.33. The van der Waals surface area contributed by atoms with Crippen LogP contribution in [0.2, 0.25) is 0 Å². The molecule has 1 saturated heterocycles. The van der Waals surface area contributed by atoms with E-state index in [-0.39, 0.29) is 29.6 Å². The van der Waals surface area contributed by atoms with Crippen molar-refractivity contribution in [3.05, 3.63) is 52.4 Å². The number of aromatic amines is 1. The van der Waals surface area contributed by atoms with Crippen LogP contribution in [0.3, 0.4) is 0 Å². The van der Waals surface area contributed by atoms with Crippen LogP contribution >= 0.6 is 0 Å². The Labute approximate surface area is 199 Å². The number of carbonyl (C=O) groups excluding carboxylic acids is 1. The molecule has 3 heterocycles. The van der Waals surface area contributed by atoms with E-state index < -0.39 is 30.3 Å². The molecule has 2 unspecified atom stereocenters. The number of nitrogens with zero attached hydrogens (tertiary/aromatic N) is 2. The van der Waals surface area contributed by atoms with Gasteiger partial charge in [-0.25, -0.2) is 4.79 Å². The Hall–Kier alpha value is -3.34. The summed E-state index contributed by atoms with van der Waals surface area (Å²) in [6.45, 7) is 5.59. The summed E-state index contributed by atoms with van der Waals surface area (Å²) >= 11 is 0. The number of benzene rings is 1. The standard InChI is InChI=1S/C24H27F3N4O4/c1-23(2,3)35-22(33)18-9-8-16(13-34-18)31-17-10-11-28-21(32)19(17)20(30-31)29-15-6-4-14(5-7-15)12-24(25,26)27/h4-7,10-11,16,18H,8-9,12-13H2,1-3H3,(H,28,32)(H,29,30). The van der Waals surface area contributed by atoms with E-state index in [2.05, 4.69) is 15.4 Å². The fourth-order valence-corrected chi connectivity index (χ4v) is 4.02. The zero-order valence-corrected chi connectivity index (χ0v) is 19.6. The zero-order valence-electron chi connectivity index (χ0n) is 19.6. The first-order valence-corrected chi connectivity index (χ1v) is 11.3. The van der Waals surface area contributed by atoms with Gasteiger partial charge in [0.1, 0.15) is 11.0 Å². The maximum absolute atomic E-state index is 12.6. The number of esters is 1.